The smallest absolute Gasteiger partial charge is 0.269 e. The van der Waals surface area contributed by atoms with Gasteiger partial charge in [0.15, 0.2) is 0 Å². The molecule has 0 heterocycles. The fraction of sp³-hybridized carbons (Fsp3) is 0.143. The standard InChI is InChI=1S/C14H14N2O3/c15-13(10-4-2-1-3-5-10)14(17)11-6-8-12(9-7-11)16(18)19/h1-9,13-14,17H,15H2/t13-,14+/m1/s1. The van der Waals surface area contributed by atoms with Crippen molar-refractivity contribution in [2.24, 2.45) is 5.73 Å². The Morgan fingerprint density at radius 3 is 2.11 bits per heavy atom. The summed E-state index contributed by atoms with van der Waals surface area (Å²) in [4.78, 5) is 10.1. The molecule has 0 radical (unpaired) electrons. The molecule has 3 N–H and O–H groups in total. The number of aliphatic hydroxyl groups excluding tert-OH is 1. The monoisotopic (exact) mass is 258 g/mol. The van der Waals surface area contributed by atoms with E-state index in [4.69, 9.17) is 5.73 Å². The van der Waals surface area contributed by atoms with E-state index in [-0.39, 0.29) is 5.69 Å². The van der Waals surface area contributed by atoms with Crippen molar-refractivity contribution in [1.82, 2.24) is 0 Å². The number of nitrogens with two attached hydrogens (primary N) is 1. The highest BCUT2D eigenvalue weighted by molar-refractivity contribution is 5.35. The zero-order chi connectivity index (χ0) is 13.8. The lowest BCUT2D eigenvalue weighted by molar-refractivity contribution is -0.384. The van der Waals surface area contributed by atoms with Crippen LogP contribution in [0, 0.1) is 10.1 Å². The summed E-state index contributed by atoms with van der Waals surface area (Å²) in [5, 5.41) is 20.7. The zero-order valence-corrected chi connectivity index (χ0v) is 10.1. The normalized spacial score (nSPS) is 13.8. The Hall–Kier alpha value is -2.24. The van der Waals surface area contributed by atoms with Crippen molar-refractivity contribution in [2.75, 3.05) is 0 Å². The Morgan fingerprint density at radius 1 is 1.00 bits per heavy atom. The first-order valence-electron chi connectivity index (χ1n) is 5.82. The number of non-ortho nitro benzene ring substituents is 1. The van der Waals surface area contributed by atoms with Crippen molar-refractivity contribution in [3.63, 3.8) is 0 Å². The van der Waals surface area contributed by atoms with Crippen LogP contribution in [-0.2, 0) is 0 Å². The molecule has 5 heteroatoms. The third-order valence-corrected chi connectivity index (χ3v) is 2.97. The van der Waals surface area contributed by atoms with Crippen LogP contribution in [0.15, 0.2) is 54.6 Å². The second-order valence-corrected chi connectivity index (χ2v) is 4.23. The molecule has 0 unspecified atom stereocenters. The van der Waals surface area contributed by atoms with Crippen LogP contribution in [0.4, 0.5) is 5.69 Å². The van der Waals surface area contributed by atoms with Gasteiger partial charge in [-0.2, -0.15) is 0 Å². The van der Waals surface area contributed by atoms with Gasteiger partial charge in [-0.15, -0.1) is 0 Å². The Bertz CT molecular complexity index is 555. The quantitative estimate of drug-likeness (QED) is 0.650. The lowest BCUT2D eigenvalue weighted by Crippen LogP contribution is -2.19. The number of aliphatic hydroxyl groups is 1. The molecule has 0 aliphatic carbocycles. The van der Waals surface area contributed by atoms with Gasteiger partial charge in [-0.25, -0.2) is 0 Å². The zero-order valence-electron chi connectivity index (χ0n) is 10.1. The maximum Gasteiger partial charge on any atom is 0.269 e. The summed E-state index contributed by atoms with van der Waals surface area (Å²) in [6.07, 6.45) is -0.900. The Labute approximate surface area is 110 Å². The lowest BCUT2D eigenvalue weighted by Gasteiger charge is -2.19. The Balaban J connectivity index is 2.19. The van der Waals surface area contributed by atoms with E-state index in [1.165, 1.54) is 24.3 Å². The molecule has 0 saturated heterocycles. The molecule has 0 amide bonds. The van der Waals surface area contributed by atoms with Crippen molar-refractivity contribution in [1.29, 1.82) is 0 Å². The Kier molecular flexibility index (Phi) is 3.89. The maximum absolute atomic E-state index is 10.6. The number of rotatable bonds is 4. The first kappa shape index (κ1) is 13.2. The number of nitro benzene ring substituents is 1. The van der Waals surface area contributed by atoms with Crippen LogP contribution in [0.5, 0.6) is 0 Å². The molecule has 98 valence electrons. The van der Waals surface area contributed by atoms with E-state index in [1.807, 2.05) is 30.3 Å². The summed E-state index contributed by atoms with van der Waals surface area (Å²) >= 11 is 0. The van der Waals surface area contributed by atoms with Crippen molar-refractivity contribution in [3.8, 4) is 0 Å². The summed E-state index contributed by atoms with van der Waals surface area (Å²) in [5.41, 5.74) is 7.35. The SMILES string of the molecule is N[C@H](c1ccccc1)[C@@H](O)c1ccc([N+](=O)[O-])cc1. The third-order valence-electron chi connectivity index (χ3n) is 2.97. The first-order chi connectivity index (χ1) is 9.09. The minimum absolute atomic E-state index is 0.00997. The van der Waals surface area contributed by atoms with E-state index in [1.54, 1.807) is 0 Å². The van der Waals surface area contributed by atoms with Gasteiger partial charge in [0.05, 0.1) is 17.1 Å². The number of nitrogens with zero attached hydrogens (tertiary/aromatic N) is 1. The highest BCUT2D eigenvalue weighted by Gasteiger charge is 2.19. The molecule has 2 aromatic carbocycles. The van der Waals surface area contributed by atoms with E-state index in [0.717, 1.165) is 5.56 Å². The average Bonchev–Trinajstić information content (AvgIpc) is 2.46. The predicted octanol–water partition coefficient (Wildman–Crippen LogP) is 2.33. The topological polar surface area (TPSA) is 89.4 Å². The molecule has 19 heavy (non-hydrogen) atoms. The van der Waals surface area contributed by atoms with Gasteiger partial charge in [0, 0.05) is 12.1 Å². The molecule has 0 aromatic heterocycles. The molecule has 0 aliphatic heterocycles. The van der Waals surface area contributed by atoms with E-state index >= 15 is 0 Å². The van der Waals surface area contributed by atoms with E-state index in [9.17, 15) is 15.2 Å². The lowest BCUT2D eigenvalue weighted by atomic mass is 9.96. The molecule has 0 spiro atoms. The molecular formula is C14H14N2O3. The summed E-state index contributed by atoms with van der Waals surface area (Å²) < 4.78 is 0. The number of hydrogen-bond acceptors (Lipinski definition) is 4. The van der Waals surface area contributed by atoms with Gasteiger partial charge in [-0.05, 0) is 23.3 Å². The minimum Gasteiger partial charge on any atom is -0.386 e. The average molecular weight is 258 g/mol. The molecule has 2 rings (SSSR count). The molecule has 2 aromatic rings. The van der Waals surface area contributed by atoms with Crippen molar-refractivity contribution >= 4 is 5.69 Å². The van der Waals surface area contributed by atoms with Gasteiger partial charge in [0.2, 0.25) is 0 Å². The molecular weight excluding hydrogens is 244 g/mol. The minimum atomic E-state index is -0.900. The summed E-state index contributed by atoms with van der Waals surface area (Å²) in [6.45, 7) is 0. The largest absolute Gasteiger partial charge is 0.386 e. The predicted molar refractivity (Wildman–Crippen MR) is 71.4 cm³/mol. The van der Waals surface area contributed by atoms with Crippen LogP contribution in [0.2, 0.25) is 0 Å². The third kappa shape index (κ3) is 2.96. The molecule has 0 saturated carbocycles. The second kappa shape index (κ2) is 5.60. The first-order valence-corrected chi connectivity index (χ1v) is 5.82. The van der Waals surface area contributed by atoms with Crippen molar-refractivity contribution in [3.05, 3.63) is 75.8 Å². The van der Waals surface area contributed by atoms with Crippen LogP contribution < -0.4 is 5.73 Å². The fourth-order valence-electron chi connectivity index (χ4n) is 1.86. The highest BCUT2D eigenvalue weighted by atomic mass is 16.6. The fourth-order valence-corrected chi connectivity index (χ4v) is 1.86. The van der Waals surface area contributed by atoms with E-state index in [0.29, 0.717) is 5.56 Å². The Morgan fingerprint density at radius 2 is 1.58 bits per heavy atom. The molecule has 0 fully saturated rings. The van der Waals surface area contributed by atoms with E-state index in [2.05, 4.69) is 0 Å². The van der Waals surface area contributed by atoms with E-state index < -0.39 is 17.1 Å². The van der Waals surface area contributed by atoms with Crippen LogP contribution in [0.25, 0.3) is 0 Å². The second-order valence-electron chi connectivity index (χ2n) is 4.23. The van der Waals surface area contributed by atoms with Crippen molar-refractivity contribution in [2.45, 2.75) is 12.1 Å². The molecule has 0 bridgehead atoms. The number of hydrogen-bond donors (Lipinski definition) is 2. The van der Waals surface area contributed by atoms with Gasteiger partial charge < -0.3 is 10.8 Å². The van der Waals surface area contributed by atoms with Gasteiger partial charge in [-0.1, -0.05) is 30.3 Å². The maximum atomic E-state index is 10.6. The van der Waals surface area contributed by atoms with Crippen LogP contribution in [0.3, 0.4) is 0 Å². The molecule has 2 atom stereocenters. The highest BCUT2D eigenvalue weighted by Crippen LogP contribution is 2.27. The van der Waals surface area contributed by atoms with Gasteiger partial charge in [0.25, 0.3) is 5.69 Å². The summed E-state index contributed by atoms with van der Waals surface area (Å²) in [7, 11) is 0. The molecule has 5 nitrogen and oxygen atoms in total. The van der Waals surface area contributed by atoms with Gasteiger partial charge >= 0.3 is 0 Å². The van der Waals surface area contributed by atoms with Gasteiger partial charge in [0.1, 0.15) is 0 Å². The van der Waals surface area contributed by atoms with Crippen LogP contribution in [0.1, 0.15) is 23.3 Å². The summed E-state index contributed by atoms with van der Waals surface area (Å²) in [6, 6.07) is 14.4. The number of benzene rings is 2. The molecule has 0 aliphatic rings. The van der Waals surface area contributed by atoms with Crippen LogP contribution in [-0.4, -0.2) is 10.0 Å². The number of nitro groups is 1. The van der Waals surface area contributed by atoms with Crippen LogP contribution >= 0.6 is 0 Å². The van der Waals surface area contributed by atoms with Gasteiger partial charge in [-0.3, -0.25) is 10.1 Å². The summed E-state index contributed by atoms with van der Waals surface area (Å²) in [5.74, 6) is 0. The van der Waals surface area contributed by atoms with Crippen molar-refractivity contribution < 1.29 is 10.0 Å².